The van der Waals surface area contributed by atoms with Crippen LogP contribution in [0.15, 0.2) is 0 Å². The van der Waals surface area contributed by atoms with E-state index >= 15 is 0 Å². The molecule has 3 saturated heterocycles. The SMILES string of the molecule is CCCCC[C@H](CCC[C@H](O)[C@H](O)CCCCCCCCCCCCC[C@H](O)C(=O)O)OC1OCC(OC(C)=O)C(O)C1OC1OCC(O)C(O)C1OC1OC(COC(C)=O)C(O)C(O)C1O. The van der Waals surface area contributed by atoms with Gasteiger partial charge >= 0.3 is 17.9 Å². The highest BCUT2D eigenvalue weighted by Gasteiger charge is 2.52. The fraction of sp³-hybridized carbons (Fsp3) is 0.935. The number of aliphatic hydroxyl groups is 9. The maximum absolute atomic E-state index is 12.0. The predicted molar refractivity (Wildman–Crippen MR) is 235 cm³/mol. The summed E-state index contributed by atoms with van der Waals surface area (Å²) in [5.41, 5.74) is 0. The predicted octanol–water partition coefficient (Wildman–Crippen LogP) is 1.23. The first-order valence-corrected chi connectivity index (χ1v) is 24.5. The van der Waals surface area contributed by atoms with Crippen LogP contribution in [0.4, 0.5) is 0 Å². The minimum absolute atomic E-state index is 0.275. The highest BCUT2D eigenvalue weighted by molar-refractivity contribution is 5.71. The summed E-state index contributed by atoms with van der Waals surface area (Å²) >= 11 is 0. The number of carboxylic acids is 1. The average molecular weight is 971 g/mol. The van der Waals surface area contributed by atoms with E-state index in [0.717, 1.165) is 97.3 Å². The summed E-state index contributed by atoms with van der Waals surface area (Å²) in [6.45, 7) is 3.06. The zero-order chi connectivity index (χ0) is 49.5. The molecule has 0 aliphatic carbocycles. The van der Waals surface area contributed by atoms with Gasteiger partial charge in [-0.3, -0.25) is 9.59 Å². The molecule has 0 amide bonds. The van der Waals surface area contributed by atoms with Gasteiger partial charge in [0, 0.05) is 13.8 Å². The van der Waals surface area contributed by atoms with E-state index in [1.54, 1.807) is 0 Å². The number of aliphatic hydroxyl groups excluding tert-OH is 9. The number of carboxylic acid groups (broad SMARTS) is 1. The van der Waals surface area contributed by atoms with E-state index in [4.69, 9.17) is 43.0 Å². The smallest absolute Gasteiger partial charge is 0.332 e. The summed E-state index contributed by atoms with van der Waals surface area (Å²) < 4.78 is 46.1. The van der Waals surface area contributed by atoms with Gasteiger partial charge in [0.05, 0.1) is 31.5 Å². The molecule has 3 aliphatic heterocycles. The number of carbonyl (C=O) groups excluding carboxylic acids is 2. The van der Waals surface area contributed by atoms with E-state index in [9.17, 15) is 60.3 Å². The molecule has 3 fully saturated rings. The van der Waals surface area contributed by atoms with Crippen LogP contribution in [0.1, 0.15) is 149 Å². The van der Waals surface area contributed by atoms with Crippen molar-refractivity contribution in [1.82, 2.24) is 0 Å². The first kappa shape index (κ1) is 59.1. The Morgan fingerprint density at radius 3 is 1.67 bits per heavy atom. The molecule has 392 valence electrons. The second-order valence-corrected chi connectivity index (χ2v) is 18.3. The number of ether oxygens (including phenoxy) is 8. The number of rotatable bonds is 33. The summed E-state index contributed by atoms with van der Waals surface area (Å²) in [6.07, 6.45) is -8.29. The van der Waals surface area contributed by atoms with Crippen LogP contribution >= 0.6 is 0 Å². The number of carbonyl (C=O) groups is 3. The van der Waals surface area contributed by atoms with Gasteiger partial charge in [-0.1, -0.05) is 96.8 Å². The van der Waals surface area contributed by atoms with Crippen molar-refractivity contribution in [2.45, 2.75) is 254 Å². The highest BCUT2D eigenvalue weighted by atomic mass is 16.8. The van der Waals surface area contributed by atoms with Crippen molar-refractivity contribution in [2.24, 2.45) is 0 Å². The van der Waals surface area contributed by atoms with Gasteiger partial charge < -0.3 is 89.0 Å². The lowest BCUT2D eigenvalue weighted by Crippen LogP contribution is -2.64. The molecule has 0 aromatic heterocycles. The molecule has 67 heavy (non-hydrogen) atoms. The van der Waals surface area contributed by atoms with Gasteiger partial charge in [0.15, 0.2) is 31.1 Å². The van der Waals surface area contributed by atoms with Crippen LogP contribution in [0.5, 0.6) is 0 Å². The second-order valence-electron chi connectivity index (χ2n) is 18.3. The lowest BCUT2D eigenvalue weighted by molar-refractivity contribution is -0.380. The van der Waals surface area contributed by atoms with Crippen LogP contribution in [-0.2, 0) is 52.3 Å². The fourth-order valence-electron chi connectivity index (χ4n) is 8.48. The van der Waals surface area contributed by atoms with Gasteiger partial charge in [0.1, 0.15) is 61.5 Å². The third-order valence-electron chi connectivity index (χ3n) is 12.5. The lowest BCUT2D eigenvalue weighted by Gasteiger charge is -2.46. The molecular formula is C46H82O21. The van der Waals surface area contributed by atoms with Crippen molar-refractivity contribution in [1.29, 1.82) is 0 Å². The van der Waals surface area contributed by atoms with Crippen molar-refractivity contribution in [3.63, 3.8) is 0 Å². The second kappa shape index (κ2) is 31.9. The summed E-state index contributed by atoms with van der Waals surface area (Å²) in [5, 5.41) is 105. The van der Waals surface area contributed by atoms with Gasteiger partial charge in [-0.05, 0) is 38.5 Å². The van der Waals surface area contributed by atoms with Crippen LogP contribution < -0.4 is 0 Å². The molecule has 3 heterocycles. The molecule has 13 unspecified atom stereocenters. The van der Waals surface area contributed by atoms with Crippen molar-refractivity contribution >= 4 is 17.9 Å². The molecule has 3 rings (SSSR count). The topological polar surface area (TPSA) is 327 Å². The number of hydrogen-bond donors (Lipinski definition) is 10. The number of unbranched alkanes of at least 4 members (excludes halogenated alkanes) is 12. The Bertz CT molecular complexity index is 1380. The van der Waals surface area contributed by atoms with Crippen molar-refractivity contribution < 1.29 is 103 Å². The standard InChI is InChI=1S/C46H82O21/c1-4-5-15-19-29(20-18-23-31(50)30(49)21-16-13-11-9-7-6-8-10-12-14-17-22-32(51)43(58)59)64-45-42(38(55)35(26-62-45)63-28(3)48)67-46-41(36(53)33(52)24-61-46)66-44-40(57)39(56)37(54)34(65-44)25-60-27(2)47/h29-42,44-46,49-57H,4-26H2,1-3H3,(H,58,59)/t29-,30-,31+,32+,33?,34?,35?,36?,37?,38?,39?,40?,41?,42?,44?,45?,46?/m1/s1. The van der Waals surface area contributed by atoms with E-state index in [1.807, 2.05) is 0 Å². The molecule has 17 atom stereocenters. The molecule has 0 aromatic carbocycles. The van der Waals surface area contributed by atoms with Crippen LogP contribution in [0, 0.1) is 0 Å². The van der Waals surface area contributed by atoms with E-state index < -0.39 is 135 Å². The molecule has 0 saturated carbocycles. The van der Waals surface area contributed by atoms with Crippen molar-refractivity contribution in [3.05, 3.63) is 0 Å². The molecule has 0 bridgehead atoms. The zero-order valence-electron chi connectivity index (χ0n) is 39.5. The molecule has 0 radical (unpaired) electrons. The van der Waals surface area contributed by atoms with Crippen molar-refractivity contribution in [3.8, 4) is 0 Å². The molecule has 3 aliphatic rings. The average Bonchev–Trinajstić information content (AvgIpc) is 3.28. The first-order valence-electron chi connectivity index (χ1n) is 24.5. The Labute approximate surface area is 393 Å². The van der Waals surface area contributed by atoms with Gasteiger partial charge in [-0.25, -0.2) is 4.79 Å². The van der Waals surface area contributed by atoms with Crippen LogP contribution in [0.25, 0.3) is 0 Å². The van der Waals surface area contributed by atoms with Gasteiger partial charge in [-0.2, -0.15) is 0 Å². The molecule has 0 spiro atoms. The summed E-state index contributed by atoms with van der Waals surface area (Å²) in [4.78, 5) is 34.1. The quantitative estimate of drug-likeness (QED) is 0.0327. The first-order chi connectivity index (χ1) is 31.9. The van der Waals surface area contributed by atoms with Gasteiger partial charge in [-0.15, -0.1) is 0 Å². The lowest BCUT2D eigenvalue weighted by atomic mass is 9.98. The molecular weight excluding hydrogens is 888 g/mol. The minimum Gasteiger partial charge on any atom is -0.479 e. The number of aliphatic carboxylic acids is 1. The Balaban J connectivity index is 1.56. The molecule has 21 heteroatoms. The maximum atomic E-state index is 12.0. The molecule has 21 nitrogen and oxygen atoms in total. The highest BCUT2D eigenvalue weighted by Crippen LogP contribution is 2.32. The Kier molecular flexibility index (Phi) is 28.2. The minimum atomic E-state index is -1.90. The maximum Gasteiger partial charge on any atom is 0.332 e. The third kappa shape index (κ3) is 21.0. The monoisotopic (exact) mass is 971 g/mol. The van der Waals surface area contributed by atoms with E-state index in [2.05, 4.69) is 6.92 Å². The summed E-state index contributed by atoms with van der Waals surface area (Å²) in [7, 11) is 0. The Morgan fingerprint density at radius 1 is 0.567 bits per heavy atom. The summed E-state index contributed by atoms with van der Waals surface area (Å²) in [5.74, 6) is -2.59. The van der Waals surface area contributed by atoms with Crippen LogP contribution in [0.2, 0.25) is 0 Å². The number of esters is 2. The molecule has 10 N–H and O–H groups in total. The van der Waals surface area contributed by atoms with E-state index in [0.29, 0.717) is 38.5 Å². The van der Waals surface area contributed by atoms with Crippen LogP contribution in [-0.4, -0.2) is 193 Å². The molecule has 0 aromatic rings. The normalized spacial score (nSPS) is 32.0. The van der Waals surface area contributed by atoms with Gasteiger partial charge in [0.2, 0.25) is 0 Å². The Morgan fingerprint density at radius 2 is 1.09 bits per heavy atom. The summed E-state index contributed by atoms with van der Waals surface area (Å²) in [6, 6.07) is 0. The fourth-order valence-corrected chi connectivity index (χ4v) is 8.48. The number of hydrogen-bond acceptors (Lipinski definition) is 20. The van der Waals surface area contributed by atoms with Crippen molar-refractivity contribution in [2.75, 3.05) is 19.8 Å². The zero-order valence-corrected chi connectivity index (χ0v) is 39.5. The Hall–Kier alpha value is -2.19. The van der Waals surface area contributed by atoms with E-state index in [1.165, 1.54) is 0 Å². The largest absolute Gasteiger partial charge is 0.479 e. The van der Waals surface area contributed by atoms with E-state index in [-0.39, 0.29) is 13.0 Å². The third-order valence-corrected chi connectivity index (χ3v) is 12.5. The van der Waals surface area contributed by atoms with Gasteiger partial charge in [0.25, 0.3) is 0 Å². The van der Waals surface area contributed by atoms with Crippen LogP contribution in [0.3, 0.4) is 0 Å².